The van der Waals surface area contributed by atoms with Crippen LogP contribution >= 0.6 is 0 Å². The van der Waals surface area contributed by atoms with E-state index in [-0.39, 0.29) is 5.75 Å². The lowest BCUT2D eigenvalue weighted by Gasteiger charge is -2.31. The third-order valence-electron chi connectivity index (χ3n) is 4.08. The summed E-state index contributed by atoms with van der Waals surface area (Å²) in [5.74, 6) is 0.692. The highest BCUT2D eigenvalue weighted by atomic mass is 32.2. The Balaban J connectivity index is 1.82. The number of aryl methyl sites for hydroxylation is 1. The normalized spacial score (nSPS) is 21.0. The van der Waals surface area contributed by atoms with Gasteiger partial charge in [0.15, 0.2) is 0 Å². The first kappa shape index (κ1) is 16.5. The van der Waals surface area contributed by atoms with Gasteiger partial charge in [-0.05, 0) is 45.3 Å². The van der Waals surface area contributed by atoms with E-state index in [1.807, 2.05) is 6.92 Å². The Hall–Kier alpha value is -0.920. The Morgan fingerprint density at radius 2 is 2.24 bits per heavy atom. The molecular formula is C14H26N4O2S. The summed E-state index contributed by atoms with van der Waals surface area (Å²) < 4.78 is 24.8. The zero-order chi connectivity index (χ0) is 15.5. The van der Waals surface area contributed by atoms with Crippen LogP contribution in [0.5, 0.6) is 0 Å². The van der Waals surface area contributed by atoms with Gasteiger partial charge in [0, 0.05) is 32.3 Å². The van der Waals surface area contributed by atoms with E-state index in [2.05, 4.69) is 21.2 Å². The SMILES string of the molecule is Cc1cc([C@@H]2CCCN(CCCS(=O)(=O)N(C)C)C2)n[nH]1. The van der Waals surface area contributed by atoms with Gasteiger partial charge in [-0.1, -0.05) is 0 Å². The van der Waals surface area contributed by atoms with Crippen molar-refractivity contribution in [3.63, 3.8) is 0 Å². The molecule has 0 saturated carbocycles. The number of hydrogen-bond donors (Lipinski definition) is 1. The molecule has 0 radical (unpaired) electrons. The van der Waals surface area contributed by atoms with Crippen LogP contribution in [0.2, 0.25) is 0 Å². The summed E-state index contributed by atoms with van der Waals surface area (Å²) in [5, 5.41) is 7.37. The third kappa shape index (κ3) is 4.52. The molecule has 0 aliphatic carbocycles. The molecule has 1 N–H and O–H groups in total. The molecule has 1 aliphatic rings. The van der Waals surface area contributed by atoms with Crippen LogP contribution < -0.4 is 0 Å². The molecule has 2 rings (SSSR count). The highest BCUT2D eigenvalue weighted by molar-refractivity contribution is 7.89. The van der Waals surface area contributed by atoms with Crippen molar-refractivity contribution >= 4 is 10.0 Å². The lowest BCUT2D eigenvalue weighted by atomic mass is 9.94. The third-order valence-corrected chi connectivity index (χ3v) is 6.00. The van der Waals surface area contributed by atoms with E-state index in [0.717, 1.165) is 43.9 Å². The van der Waals surface area contributed by atoms with Crippen molar-refractivity contribution in [3.8, 4) is 0 Å². The summed E-state index contributed by atoms with van der Waals surface area (Å²) in [6, 6.07) is 2.12. The summed E-state index contributed by atoms with van der Waals surface area (Å²) >= 11 is 0. The van der Waals surface area contributed by atoms with E-state index < -0.39 is 10.0 Å². The fourth-order valence-corrected chi connectivity index (χ4v) is 3.66. The van der Waals surface area contributed by atoms with Crippen molar-refractivity contribution in [1.82, 2.24) is 19.4 Å². The Labute approximate surface area is 127 Å². The fourth-order valence-electron chi connectivity index (χ4n) is 2.80. The summed E-state index contributed by atoms with van der Waals surface area (Å²) in [4.78, 5) is 2.36. The van der Waals surface area contributed by atoms with Gasteiger partial charge in [-0.2, -0.15) is 5.10 Å². The Morgan fingerprint density at radius 1 is 1.48 bits per heavy atom. The van der Waals surface area contributed by atoms with Crippen LogP contribution in [0, 0.1) is 6.92 Å². The molecular weight excluding hydrogens is 288 g/mol. The maximum Gasteiger partial charge on any atom is 0.213 e. The zero-order valence-electron chi connectivity index (χ0n) is 13.2. The second-order valence-electron chi connectivity index (χ2n) is 6.07. The van der Waals surface area contributed by atoms with Gasteiger partial charge in [0.25, 0.3) is 0 Å². The van der Waals surface area contributed by atoms with E-state index in [1.165, 1.54) is 4.31 Å². The van der Waals surface area contributed by atoms with Crippen LogP contribution in [0.4, 0.5) is 0 Å². The molecule has 6 nitrogen and oxygen atoms in total. The van der Waals surface area contributed by atoms with Gasteiger partial charge in [-0.15, -0.1) is 0 Å². The van der Waals surface area contributed by atoms with Gasteiger partial charge >= 0.3 is 0 Å². The zero-order valence-corrected chi connectivity index (χ0v) is 14.0. The number of sulfonamides is 1. The molecule has 21 heavy (non-hydrogen) atoms. The monoisotopic (exact) mass is 314 g/mol. The van der Waals surface area contributed by atoms with Crippen LogP contribution in [0.15, 0.2) is 6.07 Å². The van der Waals surface area contributed by atoms with Crippen molar-refractivity contribution in [2.75, 3.05) is 39.5 Å². The Morgan fingerprint density at radius 3 is 2.86 bits per heavy atom. The molecule has 0 aromatic carbocycles. The highest BCUT2D eigenvalue weighted by Gasteiger charge is 2.23. The fraction of sp³-hybridized carbons (Fsp3) is 0.786. The second-order valence-corrected chi connectivity index (χ2v) is 8.37. The molecule has 1 fully saturated rings. The van der Waals surface area contributed by atoms with Gasteiger partial charge in [-0.25, -0.2) is 12.7 Å². The quantitative estimate of drug-likeness (QED) is 0.856. The molecule has 1 saturated heterocycles. The first-order valence-electron chi connectivity index (χ1n) is 7.53. The Kier molecular flexibility index (Phi) is 5.40. The van der Waals surface area contributed by atoms with Crippen molar-refractivity contribution < 1.29 is 8.42 Å². The van der Waals surface area contributed by atoms with E-state index >= 15 is 0 Å². The number of likely N-dealkylation sites (tertiary alicyclic amines) is 1. The smallest absolute Gasteiger partial charge is 0.213 e. The van der Waals surface area contributed by atoms with E-state index in [4.69, 9.17) is 0 Å². The molecule has 1 aromatic heterocycles. The minimum absolute atomic E-state index is 0.225. The molecule has 7 heteroatoms. The number of H-pyrrole nitrogens is 1. The summed E-state index contributed by atoms with van der Waals surface area (Å²) in [6.45, 7) is 4.89. The maximum absolute atomic E-state index is 11.8. The van der Waals surface area contributed by atoms with Crippen molar-refractivity contribution in [3.05, 3.63) is 17.5 Å². The van der Waals surface area contributed by atoms with Crippen LogP contribution in [0.1, 0.15) is 36.6 Å². The minimum atomic E-state index is -3.07. The summed E-state index contributed by atoms with van der Waals surface area (Å²) in [5.41, 5.74) is 2.23. The first-order chi connectivity index (χ1) is 9.88. The number of aromatic nitrogens is 2. The van der Waals surface area contributed by atoms with Crippen molar-refractivity contribution in [2.24, 2.45) is 0 Å². The molecule has 120 valence electrons. The molecule has 0 bridgehead atoms. The first-order valence-corrected chi connectivity index (χ1v) is 9.14. The number of piperidine rings is 1. The summed E-state index contributed by atoms with van der Waals surface area (Å²) in [7, 11) is 0.107. The average molecular weight is 314 g/mol. The van der Waals surface area contributed by atoms with E-state index in [0.29, 0.717) is 12.3 Å². The maximum atomic E-state index is 11.8. The predicted octanol–water partition coefficient (Wildman–Crippen LogP) is 1.18. The molecule has 0 unspecified atom stereocenters. The Bertz CT molecular complexity index is 553. The molecule has 0 spiro atoms. The highest BCUT2D eigenvalue weighted by Crippen LogP contribution is 2.25. The number of aromatic amines is 1. The van der Waals surface area contributed by atoms with Gasteiger partial charge in [0.1, 0.15) is 0 Å². The largest absolute Gasteiger partial charge is 0.303 e. The minimum Gasteiger partial charge on any atom is -0.303 e. The van der Waals surface area contributed by atoms with E-state index in [1.54, 1.807) is 14.1 Å². The number of nitrogens with one attached hydrogen (secondary N) is 1. The molecule has 1 aliphatic heterocycles. The number of hydrogen-bond acceptors (Lipinski definition) is 4. The number of nitrogens with zero attached hydrogens (tertiary/aromatic N) is 3. The molecule has 2 heterocycles. The molecule has 1 atom stereocenters. The lowest BCUT2D eigenvalue weighted by molar-refractivity contribution is 0.206. The second kappa shape index (κ2) is 6.89. The van der Waals surface area contributed by atoms with Crippen LogP contribution in [0.25, 0.3) is 0 Å². The number of rotatable bonds is 6. The topological polar surface area (TPSA) is 69.3 Å². The van der Waals surface area contributed by atoms with Gasteiger partial charge in [0.2, 0.25) is 10.0 Å². The van der Waals surface area contributed by atoms with Gasteiger partial charge < -0.3 is 4.90 Å². The predicted molar refractivity (Wildman–Crippen MR) is 83.8 cm³/mol. The van der Waals surface area contributed by atoms with E-state index in [9.17, 15) is 8.42 Å². The van der Waals surface area contributed by atoms with Crippen molar-refractivity contribution in [1.29, 1.82) is 0 Å². The van der Waals surface area contributed by atoms with Crippen molar-refractivity contribution in [2.45, 2.75) is 32.1 Å². The van der Waals surface area contributed by atoms with Crippen LogP contribution in [-0.4, -0.2) is 67.3 Å². The lowest BCUT2D eigenvalue weighted by Crippen LogP contribution is -2.36. The van der Waals surface area contributed by atoms with Gasteiger partial charge in [0.05, 0.1) is 11.4 Å². The summed E-state index contributed by atoms with van der Waals surface area (Å²) in [6.07, 6.45) is 3.00. The van der Waals surface area contributed by atoms with Crippen LogP contribution in [0.3, 0.4) is 0 Å². The molecule has 0 amide bonds. The standard InChI is InChI=1S/C14H26N4O2S/c1-12-10-14(16-15-12)13-6-4-7-18(11-13)8-5-9-21(19,20)17(2)3/h10,13H,4-9,11H2,1-3H3,(H,15,16)/t13-/m1/s1. The van der Waals surface area contributed by atoms with Crippen LogP contribution in [-0.2, 0) is 10.0 Å². The van der Waals surface area contributed by atoms with Gasteiger partial charge in [-0.3, -0.25) is 5.10 Å². The molecule has 1 aromatic rings. The average Bonchev–Trinajstić information content (AvgIpc) is 2.85.